The zero-order chi connectivity index (χ0) is 22.5. The van der Waals surface area contributed by atoms with Gasteiger partial charge in [-0.3, -0.25) is 0 Å². The number of carbonyl (C=O) groups excluding carboxylic acids is 1. The maximum absolute atomic E-state index is 12.8. The first-order valence-corrected chi connectivity index (χ1v) is 12.1. The molecule has 0 bridgehead atoms. The van der Waals surface area contributed by atoms with E-state index in [1.54, 1.807) is 29.2 Å². The lowest BCUT2D eigenvalue weighted by molar-refractivity contribution is -0.0834. The highest BCUT2D eigenvalue weighted by Crippen LogP contribution is 2.34. The third-order valence-corrected chi connectivity index (χ3v) is 7.07. The summed E-state index contributed by atoms with van der Waals surface area (Å²) in [5, 5.41) is 4.70. The minimum absolute atomic E-state index is 0.115. The molecule has 0 unspecified atom stereocenters. The van der Waals surface area contributed by atoms with Crippen molar-refractivity contribution in [2.75, 3.05) is 26.2 Å². The van der Waals surface area contributed by atoms with Crippen LogP contribution in [-0.4, -0.2) is 50.6 Å². The number of hydrogen-bond donors (Lipinski definition) is 1. The molecule has 2 aromatic rings. The highest BCUT2D eigenvalue weighted by atomic mass is 32.2. The summed E-state index contributed by atoms with van der Waals surface area (Å²) in [7, 11) is -3.89. The fraction of sp³-hybridized carbons (Fsp3) is 0.435. The molecule has 0 radical (unpaired) electrons. The lowest BCUT2D eigenvalue weighted by Gasteiger charge is -2.42. The third kappa shape index (κ3) is 5.44. The first kappa shape index (κ1) is 23.2. The van der Waals surface area contributed by atoms with Crippen molar-refractivity contribution >= 4 is 16.1 Å². The van der Waals surface area contributed by atoms with Gasteiger partial charge in [0, 0.05) is 26.2 Å². The molecular formula is C23H31N3O4S. The number of carbonyl (C=O) groups is 1. The lowest BCUT2D eigenvalue weighted by atomic mass is 9.81. The van der Waals surface area contributed by atoms with E-state index in [9.17, 15) is 13.2 Å². The van der Waals surface area contributed by atoms with Crippen molar-refractivity contribution < 1.29 is 17.5 Å². The van der Waals surface area contributed by atoms with Crippen LogP contribution >= 0.6 is 0 Å². The number of aryl methyl sites for hydroxylation is 1. The number of rotatable bonds is 7. The highest BCUT2D eigenvalue weighted by molar-refractivity contribution is 7.86. The summed E-state index contributed by atoms with van der Waals surface area (Å²) >= 11 is 0. The second kappa shape index (κ2) is 9.80. The van der Waals surface area contributed by atoms with Gasteiger partial charge in [-0.05, 0) is 51.3 Å². The Hall–Kier alpha value is -2.42. The van der Waals surface area contributed by atoms with Gasteiger partial charge in [-0.25, -0.2) is 4.79 Å². The predicted molar refractivity (Wildman–Crippen MR) is 120 cm³/mol. The number of urea groups is 1. The molecule has 1 heterocycles. The lowest BCUT2D eigenvalue weighted by Crippen LogP contribution is -2.56. The molecule has 1 aliphatic heterocycles. The first-order chi connectivity index (χ1) is 14.8. The van der Waals surface area contributed by atoms with Crippen molar-refractivity contribution in [2.24, 2.45) is 0 Å². The van der Waals surface area contributed by atoms with E-state index in [2.05, 4.69) is 5.32 Å². The standard InChI is InChI=1S/C23H31N3O4S/c1-4-25(5-2)22(27)24-23(20-9-7-6-8-10-20)15-17-26(18-16-23)30-31(28,29)21-13-11-19(3)12-14-21/h6-14H,4-5,15-18H2,1-3H3,(H,24,27). The van der Waals surface area contributed by atoms with Crippen molar-refractivity contribution in [3.63, 3.8) is 0 Å². The van der Waals surface area contributed by atoms with Crippen LogP contribution in [-0.2, 0) is 19.9 Å². The monoisotopic (exact) mass is 445 g/mol. The number of hydrogen-bond acceptors (Lipinski definition) is 5. The molecule has 31 heavy (non-hydrogen) atoms. The van der Waals surface area contributed by atoms with E-state index in [4.69, 9.17) is 4.28 Å². The molecule has 0 spiro atoms. The van der Waals surface area contributed by atoms with Gasteiger partial charge in [0.25, 0.3) is 0 Å². The highest BCUT2D eigenvalue weighted by Gasteiger charge is 2.39. The summed E-state index contributed by atoms with van der Waals surface area (Å²) in [6.07, 6.45) is 1.07. The molecule has 3 rings (SSSR count). The SMILES string of the molecule is CCN(CC)C(=O)NC1(c2ccccc2)CCN(OS(=O)(=O)c2ccc(C)cc2)CC1. The second-order valence-corrected chi connectivity index (χ2v) is 9.35. The largest absolute Gasteiger partial charge is 0.328 e. The quantitative estimate of drug-likeness (QED) is 0.704. The van der Waals surface area contributed by atoms with Crippen molar-refractivity contribution in [3.05, 3.63) is 65.7 Å². The average molecular weight is 446 g/mol. The normalized spacial score (nSPS) is 16.6. The number of piperidine rings is 1. The van der Waals surface area contributed by atoms with E-state index >= 15 is 0 Å². The zero-order valence-electron chi connectivity index (χ0n) is 18.4. The van der Waals surface area contributed by atoms with E-state index in [1.165, 1.54) is 5.06 Å². The van der Waals surface area contributed by atoms with Crippen LogP contribution in [0.4, 0.5) is 4.79 Å². The Bertz CT molecular complexity index is 966. The van der Waals surface area contributed by atoms with Crippen LogP contribution in [0, 0.1) is 6.92 Å². The predicted octanol–water partition coefficient (Wildman–Crippen LogP) is 3.66. The fourth-order valence-electron chi connectivity index (χ4n) is 3.87. The van der Waals surface area contributed by atoms with Crippen molar-refractivity contribution in [3.8, 4) is 0 Å². The number of amides is 2. The Labute approximate surface area is 185 Å². The Morgan fingerprint density at radius 2 is 1.61 bits per heavy atom. The molecule has 1 aliphatic rings. The van der Waals surface area contributed by atoms with E-state index in [-0.39, 0.29) is 10.9 Å². The van der Waals surface area contributed by atoms with Gasteiger partial charge < -0.3 is 10.2 Å². The molecule has 8 heteroatoms. The summed E-state index contributed by atoms with van der Waals surface area (Å²) in [6, 6.07) is 16.3. The number of nitrogens with one attached hydrogen (secondary N) is 1. The van der Waals surface area contributed by atoms with E-state index in [0.29, 0.717) is 39.0 Å². The van der Waals surface area contributed by atoms with Crippen LogP contribution in [0.5, 0.6) is 0 Å². The molecular weight excluding hydrogens is 414 g/mol. The minimum Gasteiger partial charge on any atom is -0.328 e. The van der Waals surface area contributed by atoms with Crippen LogP contribution in [0.2, 0.25) is 0 Å². The third-order valence-electron chi connectivity index (χ3n) is 5.81. The molecule has 0 aromatic heterocycles. The van der Waals surface area contributed by atoms with Crippen LogP contribution in [0.3, 0.4) is 0 Å². The Morgan fingerprint density at radius 3 is 2.16 bits per heavy atom. The minimum atomic E-state index is -3.89. The maximum Gasteiger partial charge on any atom is 0.318 e. The van der Waals surface area contributed by atoms with Crippen LogP contribution < -0.4 is 5.32 Å². The fourth-order valence-corrected chi connectivity index (χ4v) is 4.85. The number of benzene rings is 2. The molecule has 2 amide bonds. The maximum atomic E-state index is 12.8. The average Bonchev–Trinajstić information content (AvgIpc) is 2.77. The smallest absolute Gasteiger partial charge is 0.318 e. The van der Waals surface area contributed by atoms with Crippen molar-refractivity contribution in [1.29, 1.82) is 0 Å². The summed E-state index contributed by atoms with van der Waals surface area (Å²) in [4.78, 5) is 14.7. The van der Waals surface area contributed by atoms with Gasteiger partial charge in [0.15, 0.2) is 0 Å². The summed E-state index contributed by atoms with van der Waals surface area (Å²) in [5.74, 6) is 0. The molecule has 1 N–H and O–H groups in total. The second-order valence-electron chi connectivity index (χ2n) is 7.82. The van der Waals surface area contributed by atoms with E-state index in [1.807, 2.05) is 51.1 Å². The molecule has 1 fully saturated rings. The molecule has 0 saturated carbocycles. The number of nitrogens with zero attached hydrogens (tertiary/aromatic N) is 2. The molecule has 7 nitrogen and oxygen atoms in total. The Morgan fingerprint density at radius 1 is 1.03 bits per heavy atom. The van der Waals surface area contributed by atoms with Gasteiger partial charge in [-0.2, -0.15) is 17.8 Å². The Kier molecular flexibility index (Phi) is 7.35. The first-order valence-electron chi connectivity index (χ1n) is 10.7. The van der Waals surface area contributed by atoms with Crippen LogP contribution in [0.15, 0.2) is 59.5 Å². The van der Waals surface area contributed by atoms with Crippen LogP contribution in [0.1, 0.15) is 37.8 Å². The zero-order valence-corrected chi connectivity index (χ0v) is 19.2. The number of hydroxylamine groups is 2. The molecule has 1 saturated heterocycles. The summed E-state index contributed by atoms with van der Waals surface area (Å²) < 4.78 is 30.7. The summed E-state index contributed by atoms with van der Waals surface area (Å²) in [5.41, 5.74) is 1.42. The summed E-state index contributed by atoms with van der Waals surface area (Å²) in [6.45, 7) is 7.79. The van der Waals surface area contributed by atoms with Gasteiger partial charge in [0.2, 0.25) is 0 Å². The van der Waals surface area contributed by atoms with Crippen LogP contribution in [0.25, 0.3) is 0 Å². The topological polar surface area (TPSA) is 79.0 Å². The molecule has 2 aromatic carbocycles. The van der Waals surface area contributed by atoms with Gasteiger partial charge in [-0.1, -0.05) is 48.0 Å². The van der Waals surface area contributed by atoms with Gasteiger partial charge in [-0.15, -0.1) is 0 Å². The molecule has 0 atom stereocenters. The van der Waals surface area contributed by atoms with E-state index in [0.717, 1.165) is 11.1 Å². The van der Waals surface area contributed by atoms with E-state index < -0.39 is 15.7 Å². The molecule has 0 aliphatic carbocycles. The Balaban J connectivity index is 1.75. The van der Waals surface area contributed by atoms with Gasteiger partial charge in [0.05, 0.1) is 10.4 Å². The van der Waals surface area contributed by atoms with Crippen molar-refractivity contribution in [2.45, 2.75) is 44.0 Å². The van der Waals surface area contributed by atoms with Crippen molar-refractivity contribution in [1.82, 2.24) is 15.3 Å². The van der Waals surface area contributed by atoms with Gasteiger partial charge >= 0.3 is 16.1 Å². The molecule has 168 valence electrons. The van der Waals surface area contributed by atoms with Gasteiger partial charge in [0.1, 0.15) is 0 Å².